The van der Waals surface area contributed by atoms with Crippen molar-refractivity contribution in [3.05, 3.63) is 53.7 Å². The van der Waals surface area contributed by atoms with Gasteiger partial charge in [-0.25, -0.2) is 0 Å². The van der Waals surface area contributed by atoms with E-state index in [1.54, 1.807) is 7.11 Å². The Hall–Kier alpha value is -2.53. The van der Waals surface area contributed by atoms with Crippen LogP contribution < -0.4 is 9.64 Å². The second kappa shape index (κ2) is 7.61. The molecule has 1 fully saturated rings. The number of nitrogens with zero attached hydrogens (tertiary/aromatic N) is 4. The molecule has 5 heteroatoms. The van der Waals surface area contributed by atoms with Gasteiger partial charge in [0.2, 0.25) is 0 Å². The number of fused-ring (bicyclic) bond motifs is 1. The summed E-state index contributed by atoms with van der Waals surface area (Å²) in [6.07, 6.45) is 0.944. The molecule has 0 atom stereocenters. The van der Waals surface area contributed by atoms with E-state index in [4.69, 9.17) is 9.84 Å². The van der Waals surface area contributed by atoms with Crippen LogP contribution in [-0.4, -0.2) is 55.0 Å². The highest BCUT2D eigenvalue weighted by atomic mass is 16.5. The highest BCUT2D eigenvalue weighted by molar-refractivity contribution is 5.85. The number of rotatable bonds is 5. The summed E-state index contributed by atoms with van der Waals surface area (Å²) >= 11 is 0. The van der Waals surface area contributed by atoms with Crippen LogP contribution in [0.3, 0.4) is 0 Å². The fourth-order valence-electron chi connectivity index (χ4n) is 3.78. The molecule has 0 bridgehead atoms. The van der Waals surface area contributed by atoms with Crippen LogP contribution in [0.15, 0.2) is 42.5 Å². The molecule has 1 aliphatic rings. The van der Waals surface area contributed by atoms with Crippen LogP contribution in [0.5, 0.6) is 5.75 Å². The Morgan fingerprint density at radius 3 is 2.41 bits per heavy atom. The smallest absolute Gasteiger partial charge is 0.118 e. The van der Waals surface area contributed by atoms with Gasteiger partial charge in [0.05, 0.1) is 24.9 Å². The molecule has 1 saturated heterocycles. The van der Waals surface area contributed by atoms with Gasteiger partial charge >= 0.3 is 0 Å². The number of hydrogen-bond donors (Lipinski definition) is 0. The third-order valence-corrected chi connectivity index (χ3v) is 5.51. The van der Waals surface area contributed by atoms with Gasteiger partial charge in [0.15, 0.2) is 0 Å². The second-order valence-corrected chi connectivity index (χ2v) is 7.30. The molecule has 0 unspecified atom stereocenters. The summed E-state index contributed by atoms with van der Waals surface area (Å²) in [7, 11) is 3.89. The van der Waals surface area contributed by atoms with Gasteiger partial charge in [-0.05, 0) is 49.4 Å². The van der Waals surface area contributed by atoms with E-state index in [0.717, 1.165) is 44.9 Å². The lowest BCUT2D eigenvalue weighted by Crippen LogP contribution is -2.44. The zero-order valence-corrected chi connectivity index (χ0v) is 16.5. The van der Waals surface area contributed by atoms with Crippen LogP contribution in [0.2, 0.25) is 0 Å². The van der Waals surface area contributed by atoms with Gasteiger partial charge in [-0.15, -0.1) is 0 Å². The van der Waals surface area contributed by atoms with E-state index in [1.807, 2.05) is 12.1 Å². The SMILES string of the molecule is CCc1nn(Cc2ccc(OC)cc2)c2cc(N3CCN(C)CC3)ccc12. The van der Waals surface area contributed by atoms with Gasteiger partial charge in [0.1, 0.15) is 5.75 Å². The standard InChI is InChI=1S/C22H28N4O/c1-4-21-20-10-7-18(25-13-11-24(2)12-14-25)15-22(20)26(23-21)16-17-5-8-19(27-3)9-6-17/h5-10,15H,4,11-14,16H2,1-3H3. The van der Waals surface area contributed by atoms with Crippen molar-refractivity contribution in [1.29, 1.82) is 0 Å². The van der Waals surface area contributed by atoms with E-state index in [0.29, 0.717) is 0 Å². The normalized spacial score (nSPS) is 15.4. The zero-order valence-electron chi connectivity index (χ0n) is 16.5. The van der Waals surface area contributed by atoms with Gasteiger partial charge in [-0.3, -0.25) is 4.68 Å². The predicted octanol–water partition coefficient (Wildman–Crippen LogP) is 3.41. The summed E-state index contributed by atoms with van der Waals surface area (Å²) in [6, 6.07) is 15.1. The number of methoxy groups -OCH3 is 1. The fourth-order valence-corrected chi connectivity index (χ4v) is 3.78. The maximum Gasteiger partial charge on any atom is 0.118 e. The molecule has 27 heavy (non-hydrogen) atoms. The van der Waals surface area contributed by atoms with Crippen molar-refractivity contribution in [1.82, 2.24) is 14.7 Å². The highest BCUT2D eigenvalue weighted by Gasteiger charge is 2.17. The molecule has 142 valence electrons. The van der Waals surface area contributed by atoms with Crippen LogP contribution in [0.1, 0.15) is 18.2 Å². The first-order chi connectivity index (χ1) is 13.2. The number of aryl methyl sites for hydroxylation is 1. The van der Waals surface area contributed by atoms with Gasteiger partial charge in [0, 0.05) is 37.3 Å². The lowest BCUT2D eigenvalue weighted by atomic mass is 10.1. The lowest BCUT2D eigenvalue weighted by Gasteiger charge is -2.34. The van der Waals surface area contributed by atoms with Crippen molar-refractivity contribution in [3.8, 4) is 5.75 Å². The minimum Gasteiger partial charge on any atom is -0.497 e. The van der Waals surface area contributed by atoms with Crippen molar-refractivity contribution in [2.45, 2.75) is 19.9 Å². The van der Waals surface area contributed by atoms with Crippen LogP contribution in [0, 0.1) is 0 Å². The molecule has 0 saturated carbocycles. The maximum atomic E-state index is 5.27. The fraction of sp³-hybridized carbons (Fsp3) is 0.409. The molecule has 2 aromatic carbocycles. The maximum absolute atomic E-state index is 5.27. The number of likely N-dealkylation sites (N-methyl/N-ethyl adjacent to an activating group) is 1. The molecule has 0 aliphatic carbocycles. The Labute approximate surface area is 161 Å². The van der Waals surface area contributed by atoms with Gasteiger partial charge < -0.3 is 14.5 Å². The summed E-state index contributed by atoms with van der Waals surface area (Å²) in [5.41, 5.74) is 4.92. The van der Waals surface area contributed by atoms with Crippen LogP contribution in [-0.2, 0) is 13.0 Å². The average Bonchev–Trinajstić information content (AvgIpc) is 3.06. The summed E-state index contributed by atoms with van der Waals surface area (Å²) in [5.74, 6) is 0.885. The Morgan fingerprint density at radius 1 is 1.00 bits per heavy atom. The van der Waals surface area contributed by atoms with E-state index in [1.165, 1.54) is 27.8 Å². The molecule has 5 nitrogen and oxygen atoms in total. The zero-order chi connectivity index (χ0) is 18.8. The predicted molar refractivity (Wildman–Crippen MR) is 111 cm³/mol. The first-order valence-electron chi connectivity index (χ1n) is 9.74. The Kier molecular flexibility index (Phi) is 5.03. The van der Waals surface area contributed by atoms with Crippen molar-refractivity contribution in [2.75, 3.05) is 45.2 Å². The second-order valence-electron chi connectivity index (χ2n) is 7.30. The lowest BCUT2D eigenvalue weighted by molar-refractivity contribution is 0.313. The van der Waals surface area contributed by atoms with Gasteiger partial charge in [-0.2, -0.15) is 5.10 Å². The molecular weight excluding hydrogens is 336 g/mol. The number of benzene rings is 2. The Balaban J connectivity index is 1.67. The van der Waals surface area contributed by atoms with E-state index in [-0.39, 0.29) is 0 Å². The van der Waals surface area contributed by atoms with E-state index >= 15 is 0 Å². The van der Waals surface area contributed by atoms with Crippen LogP contribution in [0.25, 0.3) is 10.9 Å². The molecular formula is C22H28N4O. The third-order valence-electron chi connectivity index (χ3n) is 5.51. The van der Waals surface area contributed by atoms with E-state index in [9.17, 15) is 0 Å². The minimum atomic E-state index is 0.771. The Morgan fingerprint density at radius 2 is 1.74 bits per heavy atom. The first kappa shape index (κ1) is 17.9. The average molecular weight is 364 g/mol. The van der Waals surface area contributed by atoms with Crippen molar-refractivity contribution in [2.24, 2.45) is 0 Å². The van der Waals surface area contributed by atoms with Crippen molar-refractivity contribution < 1.29 is 4.74 Å². The van der Waals surface area contributed by atoms with E-state index in [2.05, 4.69) is 58.8 Å². The minimum absolute atomic E-state index is 0.771. The summed E-state index contributed by atoms with van der Waals surface area (Å²) in [5, 5.41) is 6.17. The molecule has 4 rings (SSSR count). The quantitative estimate of drug-likeness (QED) is 0.695. The van der Waals surface area contributed by atoms with Gasteiger partial charge in [-0.1, -0.05) is 19.1 Å². The molecule has 0 N–H and O–H groups in total. The number of hydrogen-bond acceptors (Lipinski definition) is 4. The van der Waals surface area contributed by atoms with Crippen molar-refractivity contribution >= 4 is 16.6 Å². The molecule has 3 aromatic rings. The van der Waals surface area contributed by atoms with Crippen molar-refractivity contribution in [3.63, 3.8) is 0 Å². The van der Waals surface area contributed by atoms with E-state index < -0.39 is 0 Å². The molecule has 0 radical (unpaired) electrons. The van der Waals surface area contributed by atoms with Gasteiger partial charge in [0.25, 0.3) is 0 Å². The molecule has 0 amide bonds. The number of anilines is 1. The summed E-state index contributed by atoms with van der Waals surface area (Å²) in [6.45, 7) is 7.33. The molecule has 2 heterocycles. The largest absolute Gasteiger partial charge is 0.497 e. The molecule has 0 spiro atoms. The first-order valence-corrected chi connectivity index (χ1v) is 9.74. The number of ether oxygens (including phenoxy) is 1. The van der Waals surface area contributed by atoms with Crippen LogP contribution in [0.4, 0.5) is 5.69 Å². The number of piperazine rings is 1. The summed E-state index contributed by atoms with van der Waals surface area (Å²) < 4.78 is 7.42. The highest BCUT2D eigenvalue weighted by Crippen LogP contribution is 2.27. The third kappa shape index (κ3) is 3.65. The molecule has 1 aliphatic heterocycles. The monoisotopic (exact) mass is 364 g/mol. The Bertz CT molecular complexity index is 908. The summed E-state index contributed by atoms with van der Waals surface area (Å²) in [4.78, 5) is 4.87. The van der Waals surface area contributed by atoms with Crippen LogP contribution >= 0.6 is 0 Å². The number of aromatic nitrogens is 2. The topological polar surface area (TPSA) is 33.5 Å². The molecule has 1 aromatic heterocycles.